The van der Waals surface area contributed by atoms with E-state index in [9.17, 15) is 0 Å². The summed E-state index contributed by atoms with van der Waals surface area (Å²) in [4.78, 5) is 16.8. The number of aromatic nitrogens is 3. The maximum absolute atomic E-state index is 5.89. The molecule has 0 spiro atoms. The molecule has 0 saturated heterocycles. The molecule has 0 radical (unpaired) electrons. The van der Waals surface area contributed by atoms with E-state index < -0.39 is 0 Å². The molecule has 168 valence electrons. The minimum Gasteiger partial charge on any atom is -0.485 e. The van der Waals surface area contributed by atoms with Crippen LogP contribution in [0, 0.1) is 0 Å². The highest BCUT2D eigenvalue weighted by Crippen LogP contribution is 2.49. The second-order valence-corrected chi connectivity index (χ2v) is 9.81. The Bertz CT molecular complexity index is 1190. The molecule has 0 unspecified atom stereocenters. The first-order valence-electron chi connectivity index (χ1n) is 10.2. The lowest BCUT2D eigenvalue weighted by atomic mass is 10.3. The van der Waals surface area contributed by atoms with Gasteiger partial charge in [0.2, 0.25) is 0 Å². The first-order valence-corrected chi connectivity index (χ1v) is 12.9. The van der Waals surface area contributed by atoms with Gasteiger partial charge in [0.05, 0.1) is 0 Å². The highest BCUT2D eigenvalue weighted by molar-refractivity contribution is 7.15. The van der Waals surface area contributed by atoms with Crippen molar-refractivity contribution in [2.75, 3.05) is 39.6 Å². The molecule has 0 fully saturated rings. The van der Waals surface area contributed by atoms with Crippen LogP contribution in [0.5, 0.6) is 34.5 Å². The van der Waals surface area contributed by atoms with Crippen LogP contribution in [0.15, 0.2) is 16.1 Å². The predicted octanol–water partition coefficient (Wildman–Crippen LogP) is 4.37. The summed E-state index contributed by atoms with van der Waals surface area (Å²) in [6.07, 6.45) is 0. The fraction of sp³-hybridized carbons (Fsp3) is 0.286. The number of thiophene rings is 3. The van der Waals surface area contributed by atoms with E-state index in [4.69, 9.17) is 43.4 Å². The molecule has 12 heteroatoms. The summed E-state index contributed by atoms with van der Waals surface area (Å²) in [6, 6.07) is 0. The van der Waals surface area contributed by atoms with Gasteiger partial charge in [0.25, 0.3) is 0 Å². The molecule has 7 rings (SSSR count). The monoisotopic (exact) mass is 501 g/mol. The average Bonchev–Trinajstić information content (AvgIpc) is 3.60. The molecule has 33 heavy (non-hydrogen) atoms. The summed E-state index contributed by atoms with van der Waals surface area (Å²) in [7, 11) is 0. The summed E-state index contributed by atoms with van der Waals surface area (Å²) >= 11 is 4.44. The van der Waals surface area contributed by atoms with Crippen molar-refractivity contribution in [3.8, 4) is 66.6 Å². The standard InChI is InChI=1S/C21H15N3O6S3/c1-4-28-13-10(25-1)7-31-16(13)19-22-20(17-14-11(8-32-17)26-2-5-29-14)24-21(23-19)18-15-12(9-33-18)27-3-6-30-15/h7-9H,1-6H2. The molecule has 0 N–H and O–H groups in total. The SMILES string of the molecule is c1sc(-c2nc(-c3scc4c3OCCO4)nc(-c3scc4c3OCCO4)n2)c2c1OCCO2. The van der Waals surface area contributed by atoms with Gasteiger partial charge in [0, 0.05) is 16.1 Å². The van der Waals surface area contributed by atoms with Crippen LogP contribution < -0.4 is 28.4 Å². The van der Waals surface area contributed by atoms with Gasteiger partial charge < -0.3 is 28.4 Å². The fourth-order valence-corrected chi connectivity index (χ4v) is 6.32. The van der Waals surface area contributed by atoms with Crippen molar-refractivity contribution in [3.63, 3.8) is 0 Å². The van der Waals surface area contributed by atoms with Gasteiger partial charge in [0.1, 0.15) is 54.3 Å². The zero-order chi connectivity index (χ0) is 21.8. The van der Waals surface area contributed by atoms with Crippen molar-refractivity contribution in [1.29, 1.82) is 0 Å². The summed E-state index contributed by atoms with van der Waals surface area (Å²) in [5, 5.41) is 5.75. The second kappa shape index (κ2) is 7.75. The van der Waals surface area contributed by atoms with Crippen molar-refractivity contribution in [2.45, 2.75) is 0 Å². The predicted molar refractivity (Wildman–Crippen MR) is 123 cm³/mol. The van der Waals surface area contributed by atoms with Gasteiger partial charge >= 0.3 is 0 Å². The molecule has 4 aromatic heterocycles. The Morgan fingerprint density at radius 1 is 0.455 bits per heavy atom. The quantitative estimate of drug-likeness (QED) is 0.406. The van der Waals surface area contributed by atoms with E-state index in [-0.39, 0.29) is 0 Å². The Balaban J connectivity index is 1.42. The van der Waals surface area contributed by atoms with E-state index in [1.54, 1.807) is 0 Å². The molecule has 0 aromatic carbocycles. The van der Waals surface area contributed by atoms with Crippen LogP contribution in [0.25, 0.3) is 32.1 Å². The van der Waals surface area contributed by atoms with Crippen LogP contribution in [0.1, 0.15) is 0 Å². The Hall–Kier alpha value is -3.09. The number of fused-ring (bicyclic) bond motifs is 3. The zero-order valence-corrected chi connectivity index (χ0v) is 19.4. The molecule has 7 heterocycles. The van der Waals surface area contributed by atoms with Gasteiger partial charge in [-0.25, -0.2) is 15.0 Å². The van der Waals surface area contributed by atoms with E-state index in [1.807, 2.05) is 16.1 Å². The van der Waals surface area contributed by atoms with Crippen LogP contribution in [0.4, 0.5) is 0 Å². The van der Waals surface area contributed by atoms with Crippen molar-refractivity contribution in [2.24, 2.45) is 0 Å². The number of hydrogen-bond acceptors (Lipinski definition) is 12. The van der Waals surface area contributed by atoms with Crippen LogP contribution in [0.2, 0.25) is 0 Å². The summed E-state index contributed by atoms with van der Waals surface area (Å²) in [5.74, 6) is 5.62. The van der Waals surface area contributed by atoms with E-state index >= 15 is 0 Å². The highest BCUT2D eigenvalue weighted by Gasteiger charge is 2.28. The van der Waals surface area contributed by atoms with Crippen molar-refractivity contribution in [3.05, 3.63) is 16.1 Å². The molecule has 9 nitrogen and oxygen atoms in total. The Labute approximate surface area is 199 Å². The lowest BCUT2D eigenvalue weighted by Crippen LogP contribution is -2.15. The van der Waals surface area contributed by atoms with Gasteiger partial charge in [-0.15, -0.1) is 34.0 Å². The van der Waals surface area contributed by atoms with Crippen molar-refractivity contribution < 1.29 is 28.4 Å². The molecule has 3 aliphatic rings. The maximum Gasteiger partial charge on any atom is 0.183 e. The molecule has 0 amide bonds. The van der Waals surface area contributed by atoms with Gasteiger partial charge in [-0.2, -0.15) is 0 Å². The Morgan fingerprint density at radius 3 is 1.09 bits per heavy atom. The average molecular weight is 502 g/mol. The number of ether oxygens (including phenoxy) is 6. The first-order chi connectivity index (χ1) is 16.3. The third-order valence-electron chi connectivity index (χ3n) is 5.15. The van der Waals surface area contributed by atoms with Gasteiger partial charge in [0.15, 0.2) is 52.0 Å². The van der Waals surface area contributed by atoms with Crippen molar-refractivity contribution >= 4 is 34.0 Å². The Kier molecular flexibility index (Phi) is 4.55. The van der Waals surface area contributed by atoms with Crippen LogP contribution in [0.3, 0.4) is 0 Å². The lowest BCUT2D eigenvalue weighted by Gasteiger charge is -2.17. The van der Waals surface area contributed by atoms with Crippen LogP contribution >= 0.6 is 34.0 Å². The Morgan fingerprint density at radius 2 is 0.758 bits per heavy atom. The van der Waals surface area contributed by atoms with Crippen LogP contribution in [-0.4, -0.2) is 54.6 Å². The van der Waals surface area contributed by atoms with Gasteiger partial charge in [-0.05, 0) is 0 Å². The second-order valence-electron chi connectivity index (χ2n) is 7.17. The minimum atomic E-state index is 0.481. The highest BCUT2D eigenvalue weighted by atomic mass is 32.1. The van der Waals surface area contributed by atoms with E-state index in [0.717, 1.165) is 14.6 Å². The third-order valence-corrected chi connectivity index (χ3v) is 7.95. The molecule has 3 aliphatic heterocycles. The molecular weight excluding hydrogens is 486 g/mol. The summed E-state index contributed by atoms with van der Waals surface area (Å²) in [5.41, 5.74) is 0. The van der Waals surface area contributed by atoms with Crippen molar-refractivity contribution in [1.82, 2.24) is 15.0 Å². The summed E-state index contributed by atoms with van der Waals surface area (Å²) in [6.45, 7) is 3.01. The van der Waals surface area contributed by atoms with Gasteiger partial charge in [-0.1, -0.05) is 0 Å². The molecule has 0 bridgehead atoms. The minimum absolute atomic E-state index is 0.481. The largest absolute Gasteiger partial charge is 0.485 e. The van der Waals surface area contributed by atoms with E-state index in [2.05, 4.69) is 0 Å². The van der Waals surface area contributed by atoms with Crippen LogP contribution in [-0.2, 0) is 0 Å². The smallest absolute Gasteiger partial charge is 0.183 e. The fourth-order valence-electron chi connectivity index (χ4n) is 3.73. The number of rotatable bonds is 3. The molecular formula is C21H15N3O6S3. The maximum atomic E-state index is 5.89. The molecule has 0 saturated carbocycles. The molecule has 0 atom stereocenters. The van der Waals surface area contributed by atoms with E-state index in [0.29, 0.717) is 91.6 Å². The van der Waals surface area contributed by atoms with Gasteiger partial charge in [-0.3, -0.25) is 0 Å². The molecule has 0 aliphatic carbocycles. The topological polar surface area (TPSA) is 94.1 Å². The van der Waals surface area contributed by atoms with E-state index in [1.165, 1.54) is 34.0 Å². The first kappa shape index (κ1) is 19.4. The third kappa shape index (κ3) is 3.20. The zero-order valence-electron chi connectivity index (χ0n) is 17.0. The number of hydrogen-bond donors (Lipinski definition) is 0. The number of nitrogens with zero attached hydrogens (tertiary/aromatic N) is 3. The summed E-state index contributed by atoms with van der Waals surface area (Å²) < 4.78 is 34.9. The lowest BCUT2D eigenvalue weighted by molar-refractivity contribution is 0.174. The normalized spacial score (nSPS) is 16.0. The molecule has 4 aromatic rings.